The number of hydrogen-bond acceptors (Lipinski definition) is 2. The molecular formula is C9H5Cl3N2. The van der Waals surface area contributed by atoms with Gasteiger partial charge in [-0.05, 0) is 12.1 Å². The number of halogens is 3. The van der Waals surface area contributed by atoms with Crippen LogP contribution in [0.1, 0.15) is 0 Å². The third kappa shape index (κ3) is 1.40. The zero-order valence-corrected chi connectivity index (χ0v) is 9.16. The van der Waals surface area contributed by atoms with Gasteiger partial charge in [0.25, 0.3) is 0 Å². The summed E-state index contributed by atoms with van der Waals surface area (Å²) < 4.78 is 0. The molecule has 2 aromatic rings. The van der Waals surface area contributed by atoms with Crippen LogP contribution in [0.15, 0.2) is 18.3 Å². The van der Waals surface area contributed by atoms with E-state index in [-0.39, 0.29) is 0 Å². The highest BCUT2D eigenvalue weighted by molar-refractivity contribution is 6.48. The first kappa shape index (κ1) is 9.84. The van der Waals surface area contributed by atoms with Crippen LogP contribution in [-0.2, 0) is 0 Å². The molecule has 0 unspecified atom stereocenters. The molecule has 0 radical (unpaired) electrons. The third-order valence-corrected chi connectivity index (χ3v) is 2.97. The van der Waals surface area contributed by atoms with Gasteiger partial charge in [0, 0.05) is 17.3 Å². The molecule has 0 bridgehead atoms. The van der Waals surface area contributed by atoms with Crippen LogP contribution in [-0.4, -0.2) is 4.98 Å². The van der Waals surface area contributed by atoms with Gasteiger partial charge in [-0.2, -0.15) is 0 Å². The molecular weight excluding hydrogens is 242 g/mol. The largest absolute Gasteiger partial charge is 0.398 e. The molecule has 2 nitrogen and oxygen atoms in total. The van der Waals surface area contributed by atoms with Crippen LogP contribution in [0.4, 0.5) is 5.69 Å². The van der Waals surface area contributed by atoms with Crippen LogP contribution < -0.4 is 5.73 Å². The minimum atomic E-state index is 0.379. The minimum absolute atomic E-state index is 0.379. The highest BCUT2D eigenvalue weighted by atomic mass is 35.5. The van der Waals surface area contributed by atoms with Crippen molar-refractivity contribution in [3.63, 3.8) is 0 Å². The molecule has 0 aliphatic rings. The van der Waals surface area contributed by atoms with Crippen LogP contribution in [0, 0.1) is 0 Å². The smallest absolute Gasteiger partial charge is 0.0924 e. The monoisotopic (exact) mass is 246 g/mol. The summed E-state index contributed by atoms with van der Waals surface area (Å²) in [5.74, 6) is 0. The molecule has 0 saturated heterocycles. The normalized spacial score (nSPS) is 10.8. The third-order valence-electron chi connectivity index (χ3n) is 1.89. The van der Waals surface area contributed by atoms with Gasteiger partial charge in [-0.15, -0.1) is 0 Å². The summed E-state index contributed by atoms with van der Waals surface area (Å²) in [7, 11) is 0. The Kier molecular flexibility index (Phi) is 2.43. The number of pyridine rings is 1. The standard InChI is InChI=1S/C9H5Cl3N2/c10-4-3-5(11)9-7(8(4)12)6(13)1-2-14-9/h1-3H,(H2,13,14). The Morgan fingerprint density at radius 3 is 2.57 bits per heavy atom. The van der Waals surface area contributed by atoms with Crippen molar-refractivity contribution in [1.29, 1.82) is 0 Å². The average molecular weight is 248 g/mol. The van der Waals surface area contributed by atoms with Gasteiger partial charge in [0.05, 0.1) is 20.6 Å². The van der Waals surface area contributed by atoms with Gasteiger partial charge in [-0.1, -0.05) is 34.8 Å². The highest BCUT2D eigenvalue weighted by Gasteiger charge is 2.11. The van der Waals surface area contributed by atoms with E-state index in [2.05, 4.69) is 4.98 Å². The van der Waals surface area contributed by atoms with Crippen molar-refractivity contribution in [3.05, 3.63) is 33.4 Å². The molecule has 2 rings (SSSR count). The van der Waals surface area contributed by atoms with Crippen molar-refractivity contribution in [2.75, 3.05) is 5.73 Å². The van der Waals surface area contributed by atoms with Crippen LogP contribution >= 0.6 is 34.8 Å². The zero-order valence-electron chi connectivity index (χ0n) is 6.89. The number of benzene rings is 1. The summed E-state index contributed by atoms with van der Waals surface area (Å²) in [5.41, 5.74) is 6.84. The van der Waals surface area contributed by atoms with E-state index in [1.165, 1.54) is 0 Å². The lowest BCUT2D eigenvalue weighted by atomic mass is 10.2. The first-order chi connectivity index (χ1) is 6.61. The molecule has 1 aromatic carbocycles. The molecule has 0 saturated carbocycles. The molecule has 0 fully saturated rings. The first-order valence-electron chi connectivity index (χ1n) is 3.79. The predicted molar refractivity (Wildman–Crippen MR) is 61.2 cm³/mol. The predicted octanol–water partition coefficient (Wildman–Crippen LogP) is 3.78. The second-order valence-electron chi connectivity index (χ2n) is 2.78. The number of nitrogens with zero attached hydrogens (tertiary/aromatic N) is 1. The fraction of sp³-hybridized carbons (Fsp3) is 0. The van der Waals surface area contributed by atoms with Crippen molar-refractivity contribution in [2.24, 2.45) is 0 Å². The van der Waals surface area contributed by atoms with Gasteiger partial charge in [0.2, 0.25) is 0 Å². The highest BCUT2D eigenvalue weighted by Crippen LogP contribution is 2.37. The van der Waals surface area contributed by atoms with Crippen molar-refractivity contribution in [2.45, 2.75) is 0 Å². The fourth-order valence-electron chi connectivity index (χ4n) is 1.25. The molecule has 0 aliphatic carbocycles. The van der Waals surface area contributed by atoms with Crippen molar-refractivity contribution < 1.29 is 0 Å². The van der Waals surface area contributed by atoms with Crippen molar-refractivity contribution in [3.8, 4) is 0 Å². The second kappa shape index (κ2) is 3.46. The van der Waals surface area contributed by atoms with Gasteiger partial charge >= 0.3 is 0 Å². The van der Waals surface area contributed by atoms with Crippen LogP contribution in [0.5, 0.6) is 0 Å². The fourth-order valence-corrected chi connectivity index (χ4v) is 2.02. The molecule has 0 amide bonds. The summed E-state index contributed by atoms with van der Waals surface area (Å²) in [6.07, 6.45) is 1.58. The van der Waals surface area contributed by atoms with E-state index in [1.54, 1.807) is 18.3 Å². The zero-order chi connectivity index (χ0) is 10.3. The summed E-state index contributed by atoms with van der Waals surface area (Å²) in [6.45, 7) is 0. The number of rotatable bonds is 0. The van der Waals surface area contributed by atoms with E-state index in [0.29, 0.717) is 31.7 Å². The van der Waals surface area contributed by atoms with E-state index in [9.17, 15) is 0 Å². The van der Waals surface area contributed by atoms with Gasteiger partial charge in [0.1, 0.15) is 0 Å². The number of nitrogens with two attached hydrogens (primary N) is 1. The van der Waals surface area contributed by atoms with Gasteiger partial charge in [0.15, 0.2) is 0 Å². The topological polar surface area (TPSA) is 38.9 Å². The Morgan fingerprint density at radius 2 is 1.86 bits per heavy atom. The van der Waals surface area contributed by atoms with Gasteiger partial charge < -0.3 is 5.73 Å². The summed E-state index contributed by atoms with van der Waals surface area (Å²) in [5, 5.41) is 1.81. The minimum Gasteiger partial charge on any atom is -0.398 e. The second-order valence-corrected chi connectivity index (χ2v) is 3.97. The van der Waals surface area contributed by atoms with Crippen LogP contribution in [0.25, 0.3) is 10.9 Å². The average Bonchev–Trinajstić information content (AvgIpc) is 2.14. The molecule has 0 atom stereocenters. The molecule has 72 valence electrons. The van der Waals surface area contributed by atoms with Gasteiger partial charge in [-0.25, -0.2) is 0 Å². The Bertz CT molecular complexity index is 511. The first-order valence-corrected chi connectivity index (χ1v) is 4.92. The maximum absolute atomic E-state index is 5.99. The van der Waals surface area contributed by atoms with Gasteiger partial charge in [-0.3, -0.25) is 4.98 Å². The summed E-state index contributed by atoms with van der Waals surface area (Å²) in [6, 6.07) is 3.21. The Morgan fingerprint density at radius 1 is 1.14 bits per heavy atom. The Balaban J connectivity index is 3.03. The van der Waals surface area contributed by atoms with Crippen molar-refractivity contribution >= 4 is 51.4 Å². The SMILES string of the molecule is Nc1ccnc2c(Cl)cc(Cl)c(Cl)c12. The molecule has 1 aromatic heterocycles. The quantitative estimate of drug-likeness (QED) is 0.720. The lowest BCUT2D eigenvalue weighted by Crippen LogP contribution is -1.90. The lowest BCUT2D eigenvalue weighted by molar-refractivity contribution is 1.41. The number of hydrogen-bond donors (Lipinski definition) is 1. The summed E-state index contributed by atoms with van der Waals surface area (Å²) in [4.78, 5) is 4.09. The number of anilines is 1. The van der Waals surface area contributed by atoms with Crippen molar-refractivity contribution in [1.82, 2.24) is 4.98 Å². The van der Waals surface area contributed by atoms with Crippen LogP contribution in [0.2, 0.25) is 15.1 Å². The lowest BCUT2D eigenvalue weighted by Gasteiger charge is -2.06. The summed E-state index contributed by atoms with van der Waals surface area (Å²) >= 11 is 17.8. The molecule has 14 heavy (non-hydrogen) atoms. The molecule has 0 aliphatic heterocycles. The molecule has 1 heterocycles. The number of nitrogen functional groups attached to an aromatic ring is 1. The van der Waals surface area contributed by atoms with Crippen LogP contribution in [0.3, 0.4) is 0 Å². The molecule has 2 N–H and O–H groups in total. The number of fused-ring (bicyclic) bond motifs is 1. The Hall–Kier alpha value is -0.700. The Labute approximate surface area is 95.6 Å². The van der Waals surface area contributed by atoms with E-state index in [4.69, 9.17) is 40.5 Å². The van der Waals surface area contributed by atoms with E-state index >= 15 is 0 Å². The van der Waals surface area contributed by atoms with E-state index in [0.717, 1.165) is 0 Å². The van der Waals surface area contributed by atoms with E-state index in [1.807, 2.05) is 0 Å². The molecule has 5 heteroatoms. The van der Waals surface area contributed by atoms with E-state index < -0.39 is 0 Å². The maximum Gasteiger partial charge on any atom is 0.0924 e. The number of aromatic nitrogens is 1. The molecule has 0 spiro atoms. The maximum atomic E-state index is 5.99.